The second-order valence-electron chi connectivity index (χ2n) is 7.42. The number of aliphatic imine (C=N–C) groups is 2. The van der Waals surface area contributed by atoms with Crippen molar-refractivity contribution in [3.05, 3.63) is 23.3 Å². The van der Waals surface area contributed by atoms with Crippen molar-refractivity contribution in [2.75, 3.05) is 41.5 Å². The predicted octanol–water partition coefficient (Wildman–Crippen LogP) is 0.813. The van der Waals surface area contributed by atoms with Gasteiger partial charge < -0.3 is 18.9 Å². The fourth-order valence-electron chi connectivity index (χ4n) is 3.27. The Balaban J connectivity index is 0. The summed E-state index contributed by atoms with van der Waals surface area (Å²) in [4.78, 5) is 76.9. The van der Waals surface area contributed by atoms with Crippen LogP contribution >= 0.6 is 0 Å². The Morgan fingerprint density at radius 3 is 1.16 bits per heavy atom. The summed E-state index contributed by atoms with van der Waals surface area (Å²) in [7, 11) is 4.55. The standard InChI is InChI=1S/C24H32N2O10.Cu/c1-13(21(15(3)27)17(23(31)35-7)11-19(29)33-5)25-9-10-26-14(2)22(16(4)28)18(24(32)36-8)12-20(30)34-6;/h11-12,21-22H,9-10H2,1-8H3;/p+2. The van der Waals surface area contributed by atoms with Crippen molar-refractivity contribution in [2.24, 2.45) is 21.8 Å². The number of rotatable bonds is 13. The molecule has 2 N–H and O–H groups in total. The smallest absolute Gasteiger partial charge is 0.335 e. The molecule has 209 valence electrons. The largest absolute Gasteiger partial charge is 0.466 e. The zero-order chi connectivity index (χ0) is 28.0. The van der Waals surface area contributed by atoms with Gasteiger partial charge in [0.2, 0.25) is 0 Å². The van der Waals surface area contributed by atoms with E-state index in [0.717, 1.165) is 40.6 Å². The van der Waals surface area contributed by atoms with E-state index in [2.05, 4.69) is 19.5 Å². The van der Waals surface area contributed by atoms with Crippen LogP contribution in [0.1, 0.15) is 27.7 Å². The molecule has 0 aliphatic heterocycles. The molecule has 0 spiro atoms. The Hall–Kier alpha value is -3.44. The van der Waals surface area contributed by atoms with E-state index in [1.165, 1.54) is 13.8 Å². The first-order chi connectivity index (χ1) is 16.9. The fourth-order valence-corrected chi connectivity index (χ4v) is 3.27. The molecule has 0 fully saturated rings. The van der Waals surface area contributed by atoms with E-state index in [4.69, 9.17) is 9.47 Å². The number of hydrogen-bond donors (Lipinski definition) is 0. The molecule has 2 atom stereocenters. The van der Waals surface area contributed by atoms with Gasteiger partial charge in [-0.05, 0) is 13.8 Å². The van der Waals surface area contributed by atoms with Crippen LogP contribution in [0.3, 0.4) is 0 Å². The van der Waals surface area contributed by atoms with Gasteiger partial charge in [-0.1, -0.05) is 0 Å². The van der Waals surface area contributed by atoms with E-state index in [1.807, 2.05) is 0 Å². The molecule has 0 amide bonds. The molecule has 0 heterocycles. The average Bonchev–Trinajstić information content (AvgIpc) is 2.83. The molecule has 0 aliphatic rings. The number of hydrogen-bond acceptors (Lipinski definition) is 10. The van der Waals surface area contributed by atoms with Crippen LogP contribution in [0.25, 0.3) is 0 Å². The first-order valence-electron chi connectivity index (χ1n) is 10.7. The summed E-state index contributed by atoms with van der Waals surface area (Å²) in [5, 5.41) is 0. The minimum absolute atomic E-state index is 0. The zero-order valence-corrected chi connectivity index (χ0v) is 23.0. The van der Waals surface area contributed by atoms with Crippen molar-refractivity contribution in [2.45, 2.75) is 27.7 Å². The first kappa shape index (κ1) is 35.7. The summed E-state index contributed by atoms with van der Waals surface area (Å²) < 4.78 is 18.6. The predicted molar refractivity (Wildman–Crippen MR) is 132 cm³/mol. The monoisotopic (exact) mass is 573 g/mol. The van der Waals surface area contributed by atoms with Crippen LogP contribution in [0.2, 0.25) is 0 Å². The van der Waals surface area contributed by atoms with Crippen molar-refractivity contribution < 1.29 is 64.8 Å². The Morgan fingerprint density at radius 1 is 0.649 bits per heavy atom. The number of carbonyl (C=O) groups is 4. The van der Waals surface area contributed by atoms with E-state index < -0.39 is 35.7 Å². The van der Waals surface area contributed by atoms with Crippen LogP contribution in [-0.2, 0) is 55.2 Å². The van der Waals surface area contributed by atoms with Crippen molar-refractivity contribution in [1.29, 1.82) is 0 Å². The molecule has 1 radical (unpaired) electrons. The third kappa shape index (κ3) is 11.4. The number of carbonyl (C=O) groups excluding carboxylic acids is 6. The molecule has 2 unspecified atom stereocenters. The molecule has 37 heavy (non-hydrogen) atoms. The van der Waals surface area contributed by atoms with E-state index >= 15 is 0 Å². The third-order valence-electron chi connectivity index (χ3n) is 4.91. The molecule has 0 saturated carbocycles. The van der Waals surface area contributed by atoms with Crippen LogP contribution in [0.4, 0.5) is 0 Å². The minimum atomic E-state index is -1.03. The molecule has 13 heteroatoms. The summed E-state index contributed by atoms with van der Waals surface area (Å²) >= 11 is 0. The molecular weight excluding hydrogens is 540 g/mol. The normalized spacial score (nSPS) is 13.9. The maximum absolute atomic E-state index is 12.2. The summed E-state index contributed by atoms with van der Waals surface area (Å²) in [6, 6.07) is 0. The summed E-state index contributed by atoms with van der Waals surface area (Å²) in [6.07, 6.45) is 1.84. The van der Waals surface area contributed by atoms with Gasteiger partial charge in [0.15, 0.2) is 0 Å². The van der Waals surface area contributed by atoms with E-state index in [-0.39, 0.29) is 52.9 Å². The van der Waals surface area contributed by atoms with Gasteiger partial charge in [-0.25, -0.2) is 19.2 Å². The quantitative estimate of drug-likeness (QED) is 0.0592. The number of ketones is 2. The van der Waals surface area contributed by atoms with Crippen LogP contribution in [0.5, 0.6) is 0 Å². The average molecular weight is 574 g/mol. The van der Waals surface area contributed by atoms with E-state index in [1.54, 1.807) is 13.8 Å². The van der Waals surface area contributed by atoms with Gasteiger partial charge in [0.05, 0.1) is 52.7 Å². The van der Waals surface area contributed by atoms with E-state index in [9.17, 15) is 28.8 Å². The second kappa shape index (κ2) is 17.9. The summed E-state index contributed by atoms with van der Waals surface area (Å²) in [6.45, 7) is 5.99. The van der Waals surface area contributed by atoms with Crippen LogP contribution in [0.15, 0.2) is 33.3 Å². The molecule has 0 aliphatic carbocycles. The molecule has 0 aromatic heterocycles. The maximum Gasteiger partial charge on any atom is 0.335 e. The van der Waals surface area contributed by atoms with Gasteiger partial charge in [0.25, 0.3) is 0 Å². The Morgan fingerprint density at radius 2 is 0.946 bits per heavy atom. The van der Waals surface area contributed by atoms with Crippen LogP contribution in [0, 0.1) is 11.8 Å². The number of methoxy groups -OCH3 is 4. The molecule has 0 bridgehead atoms. The van der Waals surface area contributed by atoms with E-state index in [0.29, 0.717) is 11.4 Å². The fraction of sp³-hybridized carbons (Fsp3) is 0.500. The molecular formula is C24H34CuN2O10+2. The zero-order valence-electron chi connectivity index (χ0n) is 22.1. The second-order valence-corrected chi connectivity index (χ2v) is 7.42. The van der Waals surface area contributed by atoms with Gasteiger partial charge in [-0.2, -0.15) is 0 Å². The van der Waals surface area contributed by atoms with Gasteiger partial charge in [-0.15, -0.1) is 0 Å². The van der Waals surface area contributed by atoms with Crippen LogP contribution in [-0.4, -0.2) is 98.0 Å². The molecule has 12 nitrogen and oxygen atoms in total. The number of nitrogens with zero attached hydrogens (tertiary/aromatic N) is 2. The SMILES string of the molecule is COC(=O)C=C(C(=O)OC)C(C(C)=[OH+])C(C)=NCCN=C(C)C(C(C)=[OH+])C(=CC(=O)OC)C(=O)OC.[Cu]. The third-order valence-corrected chi connectivity index (χ3v) is 4.91. The Kier molecular flexibility index (Phi) is 17.3. The van der Waals surface area contributed by atoms with Crippen molar-refractivity contribution in [3.63, 3.8) is 0 Å². The van der Waals surface area contributed by atoms with Crippen molar-refractivity contribution in [1.82, 2.24) is 0 Å². The maximum atomic E-state index is 12.2. The number of ether oxygens (including phenoxy) is 4. The summed E-state index contributed by atoms with van der Waals surface area (Å²) in [5.74, 6) is -5.75. The van der Waals surface area contributed by atoms with Crippen molar-refractivity contribution >= 4 is 46.9 Å². The van der Waals surface area contributed by atoms with Crippen molar-refractivity contribution in [3.8, 4) is 0 Å². The van der Waals surface area contributed by atoms with Gasteiger partial charge in [-0.3, -0.25) is 19.6 Å². The van der Waals surface area contributed by atoms with Gasteiger partial charge in [0, 0.05) is 54.5 Å². The Labute approximate surface area is 226 Å². The number of esters is 4. The van der Waals surface area contributed by atoms with Crippen LogP contribution < -0.4 is 0 Å². The molecule has 0 saturated heterocycles. The van der Waals surface area contributed by atoms with Gasteiger partial charge in [0.1, 0.15) is 11.8 Å². The minimum Gasteiger partial charge on any atom is -0.466 e. The molecule has 0 aromatic carbocycles. The molecule has 0 rings (SSSR count). The topological polar surface area (TPSA) is 173 Å². The first-order valence-corrected chi connectivity index (χ1v) is 10.7. The molecule has 0 aromatic rings. The summed E-state index contributed by atoms with van der Waals surface area (Å²) in [5.41, 5.74) is 0.273. The Bertz CT molecular complexity index is 931. The van der Waals surface area contributed by atoms with Gasteiger partial charge >= 0.3 is 35.4 Å².